The third-order valence-corrected chi connectivity index (χ3v) is 3.85. The van der Waals surface area contributed by atoms with E-state index in [1.54, 1.807) is 0 Å². The van der Waals surface area contributed by atoms with Gasteiger partial charge >= 0.3 is 11.9 Å². The summed E-state index contributed by atoms with van der Waals surface area (Å²) in [5, 5.41) is 9.13. The average Bonchev–Trinajstić information content (AvgIpc) is 3.21. The number of carbonyl (C=O) groups is 2. The van der Waals surface area contributed by atoms with E-state index in [1.807, 2.05) is 0 Å². The minimum atomic E-state index is -0.934. The van der Waals surface area contributed by atoms with Crippen molar-refractivity contribution >= 4 is 11.9 Å². The van der Waals surface area contributed by atoms with Crippen molar-refractivity contribution in [2.45, 2.75) is 37.6 Å². The number of hydrogen-bond acceptors (Lipinski definition) is 5. The summed E-state index contributed by atoms with van der Waals surface area (Å²) in [6.45, 7) is 1.04. The fourth-order valence-electron chi connectivity index (χ4n) is 2.59. The second-order valence-electron chi connectivity index (χ2n) is 5.15. The molecule has 0 radical (unpaired) electrons. The van der Waals surface area contributed by atoms with Crippen molar-refractivity contribution in [1.82, 2.24) is 0 Å². The number of ether oxygens (including phenoxy) is 3. The van der Waals surface area contributed by atoms with Gasteiger partial charge in [-0.25, -0.2) is 0 Å². The van der Waals surface area contributed by atoms with Crippen molar-refractivity contribution in [3.63, 3.8) is 0 Å². The van der Waals surface area contributed by atoms with Crippen LogP contribution in [0, 0.1) is 11.8 Å². The van der Waals surface area contributed by atoms with Crippen LogP contribution in [0.3, 0.4) is 0 Å². The summed E-state index contributed by atoms with van der Waals surface area (Å²) in [6.07, 6.45) is 1.90. The Morgan fingerprint density at radius 2 is 1.89 bits per heavy atom. The highest BCUT2D eigenvalue weighted by molar-refractivity contribution is 5.81. The van der Waals surface area contributed by atoms with Crippen LogP contribution in [-0.2, 0) is 23.8 Å². The van der Waals surface area contributed by atoms with Crippen molar-refractivity contribution in [2.24, 2.45) is 11.8 Å². The van der Waals surface area contributed by atoms with Gasteiger partial charge in [-0.2, -0.15) is 0 Å². The van der Waals surface area contributed by atoms with Crippen molar-refractivity contribution < 1.29 is 28.9 Å². The molecule has 0 amide bonds. The van der Waals surface area contributed by atoms with Gasteiger partial charge in [-0.1, -0.05) is 0 Å². The quantitative estimate of drug-likeness (QED) is 0.558. The fourth-order valence-corrected chi connectivity index (χ4v) is 2.59. The van der Waals surface area contributed by atoms with Crippen LogP contribution >= 0.6 is 0 Å². The van der Waals surface area contributed by atoms with Gasteiger partial charge in [0, 0.05) is 6.42 Å². The van der Waals surface area contributed by atoms with Gasteiger partial charge < -0.3 is 19.3 Å². The summed E-state index contributed by atoms with van der Waals surface area (Å²) >= 11 is 0. The first kappa shape index (κ1) is 11.9. The van der Waals surface area contributed by atoms with Crippen LogP contribution in [0.15, 0.2) is 0 Å². The molecule has 1 aliphatic carbocycles. The van der Waals surface area contributed by atoms with Crippen LogP contribution in [0.1, 0.15) is 19.3 Å². The molecule has 0 spiro atoms. The Bertz CT molecular complexity index is 364. The molecule has 100 valence electrons. The number of epoxide rings is 2. The molecule has 3 aliphatic rings. The lowest BCUT2D eigenvalue weighted by atomic mass is 9.79. The Morgan fingerprint density at radius 1 is 1.22 bits per heavy atom. The van der Waals surface area contributed by atoms with Gasteiger partial charge in [-0.3, -0.25) is 9.59 Å². The molecule has 0 bridgehead atoms. The summed E-state index contributed by atoms with van der Waals surface area (Å²) in [5.74, 6) is -2.57. The number of hydrogen-bond donors (Lipinski definition) is 1. The number of carboxylic acid groups (broad SMARTS) is 1. The van der Waals surface area contributed by atoms with Crippen LogP contribution in [0.25, 0.3) is 0 Å². The minimum absolute atomic E-state index is 0.0371. The number of fused-ring (bicyclic) bond motifs is 1. The first-order valence-corrected chi connectivity index (χ1v) is 6.31. The molecule has 0 aromatic heterocycles. The maximum atomic E-state index is 11.9. The molecular formula is C12H16O6. The van der Waals surface area contributed by atoms with E-state index in [4.69, 9.17) is 19.3 Å². The molecule has 3 rings (SSSR count). The van der Waals surface area contributed by atoms with Crippen molar-refractivity contribution in [2.75, 3.05) is 13.2 Å². The molecule has 0 aromatic carbocycles. The number of carbonyl (C=O) groups excluding carboxylic acids is 1. The number of aliphatic carboxylic acids is 1. The smallest absolute Gasteiger partial charge is 0.309 e. The highest BCUT2D eigenvalue weighted by Crippen LogP contribution is 2.43. The van der Waals surface area contributed by atoms with E-state index >= 15 is 0 Å². The van der Waals surface area contributed by atoms with Gasteiger partial charge in [-0.15, -0.1) is 0 Å². The molecule has 6 heteroatoms. The second kappa shape index (κ2) is 4.51. The first-order chi connectivity index (χ1) is 8.65. The predicted octanol–water partition coefficient (Wildman–Crippen LogP) is 0.197. The van der Waals surface area contributed by atoms with Gasteiger partial charge in [0.05, 0.1) is 43.4 Å². The molecule has 2 heterocycles. The molecule has 3 fully saturated rings. The molecule has 18 heavy (non-hydrogen) atoms. The summed E-state index contributed by atoms with van der Waals surface area (Å²) in [6, 6.07) is 0. The molecule has 1 saturated carbocycles. The molecule has 5 atom stereocenters. The van der Waals surface area contributed by atoms with Gasteiger partial charge in [0.25, 0.3) is 0 Å². The van der Waals surface area contributed by atoms with Gasteiger partial charge in [0.2, 0.25) is 0 Å². The van der Waals surface area contributed by atoms with Crippen molar-refractivity contribution in [1.29, 1.82) is 0 Å². The zero-order valence-electron chi connectivity index (χ0n) is 9.91. The average molecular weight is 256 g/mol. The lowest BCUT2D eigenvalue weighted by Crippen LogP contribution is -2.36. The van der Waals surface area contributed by atoms with Crippen molar-refractivity contribution in [3.8, 4) is 0 Å². The summed E-state index contributed by atoms with van der Waals surface area (Å²) in [5.41, 5.74) is 0. The summed E-state index contributed by atoms with van der Waals surface area (Å²) in [4.78, 5) is 23.0. The Kier molecular flexibility index (Phi) is 2.99. The van der Waals surface area contributed by atoms with E-state index in [2.05, 4.69) is 0 Å². The lowest BCUT2D eigenvalue weighted by Gasteiger charge is -2.24. The molecule has 2 saturated heterocycles. The van der Waals surface area contributed by atoms with E-state index in [-0.39, 0.29) is 18.3 Å². The zero-order chi connectivity index (χ0) is 12.7. The molecule has 1 N–H and O–H groups in total. The number of rotatable bonds is 5. The van der Waals surface area contributed by atoms with Gasteiger partial charge in [0.15, 0.2) is 0 Å². The summed E-state index contributed by atoms with van der Waals surface area (Å²) in [7, 11) is 0. The van der Waals surface area contributed by atoms with Crippen LogP contribution < -0.4 is 0 Å². The SMILES string of the molecule is O=C(O)C1CC2OC2CC1C(=O)OCCC1CO1. The molecular weight excluding hydrogens is 240 g/mol. The molecule has 2 aliphatic heterocycles. The predicted molar refractivity (Wildman–Crippen MR) is 57.8 cm³/mol. The molecule has 0 aromatic rings. The molecule has 6 nitrogen and oxygen atoms in total. The van der Waals surface area contributed by atoms with E-state index in [1.165, 1.54) is 0 Å². The summed E-state index contributed by atoms with van der Waals surface area (Å²) < 4.78 is 15.5. The standard InChI is InChI=1S/C12H16O6/c13-11(14)7-3-9-10(18-9)4-8(7)12(15)16-2-1-6-5-17-6/h6-10H,1-5H2,(H,13,14). The van der Waals surface area contributed by atoms with E-state index in [9.17, 15) is 9.59 Å². The third-order valence-electron chi connectivity index (χ3n) is 3.85. The van der Waals surface area contributed by atoms with Crippen molar-refractivity contribution in [3.05, 3.63) is 0 Å². The van der Waals surface area contributed by atoms with Crippen LogP contribution in [0.2, 0.25) is 0 Å². The number of carboxylic acids is 1. The zero-order valence-corrected chi connectivity index (χ0v) is 9.91. The lowest BCUT2D eigenvalue weighted by molar-refractivity contribution is -0.159. The Balaban J connectivity index is 1.53. The Morgan fingerprint density at radius 3 is 2.50 bits per heavy atom. The van der Waals surface area contributed by atoms with Crippen LogP contribution in [-0.4, -0.2) is 48.6 Å². The highest BCUT2D eigenvalue weighted by atomic mass is 16.6. The normalized spacial score (nSPS) is 40.8. The van der Waals surface area contributed by atoms with E-state index < -0.39 is 23.8 Å². The van der Waals surface area contributed by atoms with E-state index in [0.717, 1.165) is 6.61 Å². The van der Waals surface area contributed by atoms with Gasteiger partial charge in [-0.05, 0) is 12.8 Å². The maximum absolute atomic E-state index is 11.9. The van der Waals surface area contributed by atoms with E-state index in [0.29, 0.717) is 25.9 Å². The monoisotopic (exact) mass is 256 g/mol. The van der Waals surface area contributed by atoms with Crippen LogP contribution in [0.5, 0.6) is 0 Å². The van der Waals surface area contributed by atoms with Crippen LogP contribution in [0.4, 0.5) is 0 Å². The fraction of sp³-hybridized carbons (Fsp3) is 0.833. The minimum Gasteiger partial charge on any atom is -0.481 e. The highest BCUT2D eigenvalue weighted by Gasteiger charge is 2.53. The topological polar surface area (TPSA) is 88.7 Å². The van der Waals surface area contributed by atoms with Gasteiger partial charge in [0.1, 0.15) is 0 Å². The third kappa shape index (κ3) is 2.49. The maximum Gasteiger partial charge on any atom is 0.309 e. The molecule has 5 unspecified atom stereocenters. The first-order valence-electron chi connectivity index (χ1n) is 6.31. The number of esters is 1. The Hall–Kier alpha value is -1.14. The Labute approximate surface area is 104 Å². The second-order valence-corrected chi connectivity index (χ2v) is 5.15. The largest absolute Gasteiger partial charge is 0.481 e.